The summed E-state index contributed by atoms with van der Waals surface area (Å²) in [6.07, 6.45) is 4.85. The van der Waals surface area contributed by atoms with E-state index in [1.807, 2.05) is 6.07 Å². The minimum Gasteiger partial charge on any atom is -0.334 e. The van der Waals surface area contributed by atoms with Crippen LogP contribution in [-0.2, 0) is 0 Å². The predicted molar refractivity (Wildman–Crippen MR) is 63.6 cm³/mol. The van der Waals surface area contributed by atoms with Gasteiger partial charge in [-0.15, -0.1) is 0 Å². The third-order valence-electron chi connectivity index (χ3n) is 2.38. The third kappa shape index (κ3) is 1.91. The molecule has 0 radical (unpaired) electrons. The number of nitrogens with zero attached hydrogens (tertiary/aromatic N) is 3. The van der Waals surface area contributed by atoms with Gasteiger partial charge < -0.3 is 9.51 Å². The molecule has 3 heterocycles. The van der Waals surface area contributed by atoms with E-state index in [0.717, 1.165) is 5.56 Å². The van der Waals surface area contributed by atoms with E-state index in [1.165, 1.54) is 6.07 Å². The molecule has 0 aromatic carbocycles. The van der Waals surface area contributed by atoms with Gasteiger partial charge in [0.1, 0.15) is 0 Å². The van der Waals surface area contributed by atoms with E-state index < -0.39 is 0 Å². The first-order valence-electron chi connectivity index (χ1n) is 5.26. The number of hydrogen-bond acceptors (Lipinski definition) is 5. The minimum absolute atomic E-state index is 0.172. The highest BCUT2D eigenvalue weighted by Crippen LogP contribution is 2.19. The Morgan fingerprint density at radius 1 is 1.17 bits per heavy atom. The number of H-pyrrole nitrogens is 1. The second-order valence-electron chi connectivity index (χ2n) is 3.61. The van der Waals surface area contributed by atoms with Gasteiger partial charge in [0, 0.05) is 30.2 Å². The summed E-state index contributed by atoms with van der Waals surface area (Å²) in [4.78, 5) is 21.7. The second kappa shape index (κ2) is 4.25. The van der Waals surface area contributed by atoms with Crippen molar-refractivity contribution in [2.45, 2.75) is 0 Å². The maximum Gasteiger partial charge on any atom is 0.259 e. The van der Waals surface area contributed by atoms with Crippen LogP contribution < -0.4 is 5.56 Å². The van der Waals surface area contributed by atoms with E-state index >= 15 is 0 Å². The van der Waals surface area contributed by atoms with Gasteiger partial charge in [0.25, 0.3) is 5.89 Å². The molecule has 18 heavy (non-hydrogen) atoms. The summed E-state index contributed by atoms with van der Waals surface area (Å²) in [7, 11) is 0. The summed E-state index contributed by atoms with van der Waals surface area (Å²) in [6, 6.07) is 6.67. The number of aromatic amines is 1. The lowest BCUT2D eigenvalue weighted by Gasteiger charge is -1.91. The second-order valence-corrected chi connectivity index (χ2v) is 3.61. The molecule has 0 fully saturated rings. The van der Waals surface area contributed by atoms with Gasteiger partial charge in [0.2, 0.25) is 11.4 Å². The average molecular weight is 240 g/mol. The lowest BCUT2D eigenvalue weighted by Crippen LogP contribution is -2.01. The van der Waals surface area contributed by atoms with Gasteiger partial charge in [0.15, 0.2) is 0 Å². The fourth-order valence-electron chi connectivity index (χ4n) is 1.50. The molecule has 0 aliphatic carbocycles. The fourth-order valence-corrected chi connectivity index (χ4v) is 1.50. The van der Waals surface area contributed by atoms with Crippen molar-refractivity contribution in [2.75, 3.05) is 0 Å². The van der Waals surface area contributed by atoms with Gasteiger partial charge in [-0.05, 0) is 18.2 Å². The zero-order valence-electron chi connectivity index (χ0n) is 9.20. The van der Waals surface area contributed by atoms with Crippen molar-refractivity contribution >= 4 is 0 Å². The Balaban J connectivity index is 1.99. The maximum absolute atomic E-state index is 11.0. The molecule has 0 atom stereocenters. The molecule has 0 aliphatic heterocycles. The molecule has 0 spiro atoms. The Hall–Kier alpha value is -2.76. The van der Waals surface area contributed by atoms with Crippen LogP contribution in [0.3, 0.4) is 0 Å². The Bertz CT molecular complexity index is 698. The zero-order valence-corrected chi connectivity index (χ0v) is 9.20. The minimum atomic E-state index is -0.172. The van der Waals surface area contributed by atoms with Crippen LogP contribution in [0.4, 0.5) is 0 Å². The number of pyridine rings is 2. The number of aromatic nitrogens is 4. The third-order valence-corrected chi connectivity index (χ3v) is 2.38. The molecule has 3 rings (SSSR count). The topological polar surface area (TPSA) is 84.7 Å². The highest BCUT2D eigenvalue weighted by molar-refractivity contribution is 5.57. The molecule has 0 saturated carbocycles. The Labute approximate surface area is 101 Å². The van der Waals surface area contributed by atoms with Gasteiger partial charge in [-0.2, -0.15) is 4.98 Å². The van der Waals surface area contributed by atoms with Crippen LogP contribution in [0.25, 0.3) is 22.8 Å². The highest BCUT2D eigenvalue weighted by atomic mass is 16.5. The Kier molecular flexibility index (Phi) is 2.45. The molecule has 0 unspecified atom stereocenters. The fraction of sp³-hybridized carbons (Fsp3) is 0. The number of hydrogen-bond donors (Lipinski definition) is 1. The van der Waals surface area contributed by atoms with E-state index in [0.29, 0.717) is 17.3 Å². The summed E-state index contributed by atoms with van der Waals surface area (Å²) in [5.74, 6) is 0.814. The van der Waals surface area contributed by atoms with Crippen molar-refractivity contribution in [1.82, 2.24) is 20.1 Å². The van der Waals surface area contributed by atoms with Crippen molar-refractivity contribution in [3.05, 3.63) is 53.2 Å². The lowest BCUT2D eigenvalue weighted by molar-refractivity contribution is 0.432. The molecule has 88 valence electrons. The van der Waals surface area contributed by atoms with Crippen LogP contribution in [0.1, 0.15) is 0 Å². The van der Waals surface area contributed by atoms with Gasteiger partial charge >= 0.3 is 0 Å². The normalized spacial score (nSPS) is 10.4. The summed E-state index contributed by atoms with van der Waals surface area (Å²) >= 11 is 0. The van der Waals surface area contributed by atoms with Crippen LogP contribution >= 0.6 is 0 Å². The van der Waals surface area contributed by atoms with E-state index in [1.54, 1.807) is 30.7 Å². The molecule has 0 bridgehead atoms. The van der Waals surface area contributed by atoms with Crippen molar-refractivity contribution in [2.24, 2.45) is 0 Å². The molecular weight excluding hydrogens is 232 g/mol. The molecule has 0 amide bonds. The first-order valence-corrected chi connectivity index (χ1v) is 5.26. The summed E-state index contributed by atoms with van der Waals surface area (Å²) in [6.45, 7) is 0. The van der Waals surface area contributed by atoms with Gasteiger partial charge in [-0.1, -0.05) is 5.16 Å². The standard InChI is InChI=1S/C12H8N4O2/c17-10-4-3-8(7-14-10)11-15-12(18-16-11)9-2-1-5-13-6-9/h1-7H,(H,14,17). The largest absolute Gasteiger partial charge is 0.334 e. The Morgan fingerprint density at radius 2 is 2.11 bits per heavy atom. The SMILES string of the molecule is O=c1ccc(-c2noc(-c3cccnc3)n2)c[nH]1. The quantitative estimate of drug-likeness (QED) is 0.733. The monoisotopic (exact) mass is 240 g/mol. The number of nitrogens with one attached hydrogen (secondary N) is 1. The van der Waals surface area contributed by atoms with E-state index in [4.69, 9.17) is 4.52 Å². The molecular formula is C12H8N4O2. The van der Waals surface area contributed by atoms with E-state index in [2.05, 4.69) is 20.1 Å². The summed E-state index contributed by atoms with van der Waals surface area (Å²) < 4.78 is 5.14. The molecule has 6 heteroatoms. The van der Waals surface area contributed by atoms with Crippen molar-refractivity contribution in [1.29, 1.82) is 0 Å². The van der Waals surface area contributed by atoms with Crippen LogP contribution in [-0.4, -0.2) is 20.1 Å². The van der Waals surface area contributed by atoms with Crippen LogP contribution in [0.5, 0.6) is 0 Å². The molecule has 3 aromatic heterocycles. The molecule has 6 nitrogen and oxygen atoms in total. The van der Waals surface area contributed by atoms with Crippen LogP contribution in [0, 0.1) is 0 Å². The first-order chi connectivity index (χ1) is 8.83. The van der Waals surface area contributed by atoms with Crippen molar-refractivity contribution in [3.63, 3.8) is 0 Å². The average Bonchev–Trinajstić information content (AvgIpc) is 2.90. The van der Waals surface area contributed by atoms with Crippen molar-refractivity contribution < 1.29 is 4.52 Å². The van der Waals surface area contributed by atoms with Gasteiger partial charge in [-0.25, -0.2) is 0 Å². The molecule has 0 saturated heterocycles. The van der Waals surface area contributed by atoms with Crippen LogP contribution in [0.15, 0.2) is 52.2 Å². The molecule has 0 aliphatic rings. The maximum atomic E-state index is 11.0. The predicted octanol–water partition coefficient (Wildman–Crippen LogP) is 1.49. The van der Waals surface area contributed by atoms with Crippen molar-refractivity contribution in [3.8, 4) is 22.8 Å². The lowest BCUT2D eigenvalue weighted by atomic mass is 10.2. The van der Waals surface area contributed by atoms with E-state index in [9.17, 15) is 4.79 Å². The Morgan fingerprint density at radius 3 is 2.83 bits per heavy atom. The van der Waals surface area contributed by atoms with E-state index in [-0.39, 0.29) is 5.56 Å². The van der Waals surface area contributed by atoms with Crippen LogP contribution in [0.2, 0.25) is 0 Å². The summed E-state index contributed by atoms with van der Waals surface area (Å²) in [5.41, 5.74) is 1.27. The van der Waals surface area contributed by atoms with Gasteiger partial charge in [-0.3, -0.25) is 9.78 Å². The first kappa shape index (κ1) is 10.4. The molecule has 1 N–H and O–H groups in total. The molecule has 3 aromatic rings. The van der Waals surface area contributed by atoms with Gasteiger partial charge in [0.05, 0.1) is 5.56 Å². The number of rotatable bonds is 2. The summed E-state index contributed by atoms with van der Waals surface area (Å²) in [5, 5.41) is 3.86. The smallest absolute Gasteiger partial charge is 0.259 e. The zero-order chi connectivity index (χ0) is 12.4. The highest BCUT2D eigenvalue weighted by Gasteiger charge is 2.10.